The van der Waals surface area contributed by atoms with Gasteiger partial charge in [0.2, 0.25) is 12.3 Å². The molecule has 6 atom stereocenters. The van der Waals surface area contributed by atoms with Gasteiger partial charge in [-0.15, -0.1) is 11.3 Å². The third-order valence-corrected chi connectivity index (χ3v) is 10.5. The van der Waals surface area contributed by atoms with Gasteiger partial charge in [-0.2, -0.15) is 0 Å². The zero-order chi connectivity index (χ0) is 25.6. The number of carbonyl (C=O) groups excluding carboxylic acids is 1. The van der Waals surface area contributed by atoms with Crippen LogP contribution in [0.5, 0.6) is 5.75 Å². The quantitative estimate of drug-likeness (QED) is 0.401. The molecule has 0 aliphatic heterocycles. The molecule has 36 heavy (non-hydrogen) atoms. The van der Waals surface area contributed by atoms with Gasteiger partial charge in [0.05, 0.1) is 0 Å². The lowest BCUT2D eigenvalue weighted by atomic mass is 9.52. The van der Waals surface area contributed by atoms with E-state index in [0.717, 1.165) is 49.0 Å². The Morgan fingerprint density at radius 2 is 2.14 bits per heavy atom. The van der Waals surface area contributed by atoms with Crippen molar-refractivity contribution in [3.8, 4) is 5.75 Å². The van der Waals surface area contributed by atoms with E-state index in [1.54, 1.807) is 6.20 Å². The molecule has 2 N–H and O–H groups in total. The van der Waals surface area contributed by atoms with Crippen LogP contribution in [0, 0.1) is 36.0 Å². The first-order valence-corrected chi connectivity index (χ1v) is 14.4. The Labute approximate surface area is 216 Å². The smallest absolute Gasteiger partial charge is 0.241 e. The minimum Gasteiger partial charge on any atom is -0.508 e. The fraction of sp³-hybridized carbons (Fsp3) is 0.655. The number of nitrogens with zero attached hydrogens (tertiary/aromatic N) is 1. The molecular weight excluding hydrogens is 478 g/mol. The average Bonchev–Trinajstić information content (AvgIpc) is 3.38. The molecule has 1 unspecified atom stereocenters. The maximum Gasteiger partial charge on any atom is 0.241 e. The number of phenols is 1. The minimum atomic E-state index is -2.30. The third-order valence-electron chi connectivity index (χ3n) is 9.66. The zero-order valence-corrected chi connectivity index (χ0v) is 22.3. The molecule has 2 fully saturated rings. The van der Waals surface area contributed by atoms with Crippen molar-refractivity contribution >= 4 is 22.4 Å². The first kappa shape index (κ1) is 25.6. The van der Waals surface area contributed by atoms with Crippen LogP contribution >= 0.6 is 11.3 Å². The second-order valence-electron chi connectivity index (χ2n) is 11.6. The summed E-state index contributed by atoms with van der Waals surface area (Å²) in [4.78, 5) is 17.7. The lowest BCUT2D eigenvalue weighted by molar-refractivity contribution is -0.116. The highest BCUT2D eigenvalue weighted by Crippen LogP contribution is 2.66. The number of carbonyl (C=O) groups is 1. The molecule has 2 saturated carbocycles. The Bertz CT molecular complexity index is 1120. The number of benzene rings is 1. The van der Waals surface area contributed by atoms with Gasteiger partial charge in [0.25, 0.3) is 0 Å². The number of aryl methyl sites for hydroxylation is 3. The Morgan fingerprint density at radius 3 is 2.83 bits per heavy atom. The normalized spacial score (nSPS) is 31.1. The number of halogens is 2. The topological polar surface area (TPSA) is 62.2 Å². The summed E-state index contributed by atoms with van der Waals surface area (Å²) in [7, 11) is 0. The van der Waals surface area contributed by atoms with Crippen molar-refractivity contribution in [2.75, 3.05) is 5.32 Å². The summed E-state index contributed by atoms with van der Waals surface area (Å²) in [6, 6.07) is 4.15. The Balaban J connectivity index is 1.33. The molecule has 1 aromatic carbocycles. The average molecular weight is 517 g/mol. The molecule has 196 valence electrons. The van der Waals surface area contributed by atoms with Gasteiger partial charge in [-0.25, -0.2) is 13.8 Å². The number of aromatic nitrogens is 1. The van der Waals surface area contributed by atoms with Crippen LogP contribution in [0.1, 0.15) is 86.3 Å². The summed E-state index contributed by atoms with van der Waals surface area (Å²) in [6.45, 7) is 6.15. The van der Waals surface area contributed by atoms with Crippen molar-refractivity contribution in [2.45, 2.75) is 90.9 Å². The molecule has 1 aromatic heterocycles. The van der Waals surface area contributed by atoms with Crippen molar-refractivity contribution in [1.29, 1.82) is 0 Å². The SMILES string of the molecule is CCc1cc2c(cc1O)CC[C@H]1[C@@H]3[C@H](CCCC(=O)Nc4ncc(C)s4)CC(C(F)F)[C@@]3(C)CC[C@H]21. The Morgan fingerprint density at radius 1 is 1.33 bits per heavy atom. The summed E-state index contributed by atoms with van der Waals surface area (Å²) in [5, 5.41) is 13.9. The van der Waals surface area contributed by atoms with Gasteiger partial charge in [0.1, 0.15) is 5.75 Å². The van der Waals surface area contributed by atoms with Crippen LogP contribution in [0.15, 0.2) is 18.3 Å². The van der Waals surface area contributed by atoms with Crippen LogP contribution < -0.4 is 5.32 Å². The summed E-state index contributed by atoms with van der Waals surface area (Å²) < 4.78 is 28.7. The molecule has 3 aliphatic rings. The summed E-state index contributed by atoms with van der Waals surface area (Å²) >= 11 is 1.46. The molecule has 0 radical (unpaired) electrons. The van der Waals surface area contributed by atoms with E-state index < -0.39 is 12.3 Å². The van der Waals surface area contributed by atoms with Gasteiger partial charge in [0.15, 0.2) is 5.13 Å². The molecule has 0 bridgehead atoms. The van der Waals surface area contributed by atoms with Crippen molar-refractivity contribution in [1.82, 2.24) is 4.98 Å². The van der Waals surface area contributed by atoms with E-state index in [2.05, 4.69) is 30.2 Å². The predicted octanol–water partition coefficient (Wildman–Crippen LogP) is 7.49. The molecule has 0 spiro atoms. The highest BCUT2D eigenvalue weighted by Gasteiger charge is 2.60. The van der Waals surface area contributed by atoms with Crippen molar-refractivity contribution < 1.29 is 18.7 Å². The number of aromatic hydroxyl groups is 1. The van der Waals surface area contributed by atoms with Crippen LogP contribution in [-0.2, 0) is 17.6 Å². The number of fused-ring (bicyclic) bond motifs is 5. The second kappa shape index (κ2) is 10.0. The maximum absolute atomic E-state index is 14.3. The van der Waals surface area contributed by atoms with Crippen molar-refractivity contribution in [3.05, 3.63) is 39.9 Å². The number of phenolic OH excluding ortho intramolecular Hbond substituents is 1. The predicted molar refractivity (Wildman–Crippen MR) is 140 cm³/mol. The van der Waals surface area contributed by atoms with Crippen molar-refractivity contribution in [3.63, 3.8) is 0 Å². The molecule has 0 saturated heterocycles. The second-order valence-corrected chi connectivity index (χ2v) is 12.8. The van der Waals surface area contributed by atoms with E-state index in [4.69, 9.17) is 0 Å². The summed E-state index contributed by atoms with van der Waals surface area (Å²) in [6.07, 6.45) is 6.42. The lowest BCUT2D eigenvalue weighted by Crippen LogP contribution is -2.45. The molecule has 1 heterocycles. The number of alkyl halides is 2. The number of anilines is 1. The first-order valence-electron chi connectivity index (χ1n) is 13.6. The highest BCUT2D eigenvalue weighted by atomic mass is 32.1. The fourth-order valence-electron chi connectivity index (χ4n) is 8.09. The number of rotatable bonds is 7. The molecule has 7 heteroatoms. The zero-order valence-electron chi connectivity index (χ0n) is 21.5. The van der Waals surface area contributed by atoms with E-state index in [0.29, 0.717) is 42.0 Å². The van der Waals surface area contributed by atoms with E-state index in [-0.39, 0.29) is 23.2 Å². The Hall–Kier alpha value is -2.02. The maximum atomic E-state index is 14.3. The minimum absolute atomic E-state index is 0.0458. The van der Waals surface area contributed by atoms with Gasteiger partial charge >= 0.3 is 0 Å². The van der Waals surface area contributed by atoms with E-state index >= 15 is 0 Å². The molecule has 5 rings (SSSR count). The van der Waals surface area contributed by atoms with Crippen molar-refractivity contribution in [2.24, 2.45) is 29.1 Å². The van der Waals surface area contributed by atoms with Gasteiger partial charge in [-0.05, 0) is 110 Å². The van der Waals surface area contributed by atoms with Gasteiger partial charge in [-0.3, -0.25) is 4.79 Å². The highest BCUT2D eigenvalue weighted by molar-refractivity contribution is 7.15. The van der Waals surface area contributed by atoms with Gasteiger partial charge in [0, 0.05) is 23.4 Å². The first-order chi connectivity index (χ1) is 17.2. The summed E-state index contributed by atoms with van der Waals surface area (Å²) in [5.41, 5.74) is 3.23. The number of nitrogens with one attached hydrogen (secondary N) is 1. The van der Waals surface area contributed by atoms with Crippen LogP contribution in [0.4, 0.5) is 13.9 Å². The van der Waals surface area contributed by atoms with Gasteiger partial charge < -0.3 is 10.4 Å². The number of thiazole rings is 1. The number of hydrogen-bond acceptors (Lipinski definition) is 4. The van der Waals surface area contributed by atoms with Gasteiger partial charge in [-0.1, -0.05) is 19.9 Å². The van der Waals surface area contributed by atoms with Crippen LogP contribution in [0.2, 0.25) is 0 Å². The molecule has 1 amide bonds. The van der Waals surface area contributed by atoms with E-state index in [1.807, 2.05) is 13.0 Å². The van der Waals surface area contributed by atoms with E-state index in [9.17, 15) is 18.7 Å². The third kappa shape index (κ3) is 4.57. The largest absolute Gasteiger partial charge is 0.508 e. The van der Waals surface area contributed by atoms with Crippen LogP contribution in [0.25, 0.3) is 0 Å². The molecule has 2 aromatic rings. The standard InChI is InChI=1S/C29H38F2N2O2S/c1-4-17-12-22-18(14-24(17)34)8-9-21-20(22)10-11-29(3)23(27(30)31)13-19(26(21)29)6-5-7-25(35)33-28-32-15-16(2)36-28/h12,14-15,19-21,23,26-27,34H,4-11,13H2,1-3H3,(H,32,33,35)/t19-,20+,21-,23?,26+,29-/m1/s1. The molecule has 3 aliphatic carbocycles. The fourth-order valence-corrected chi connectivity index (χ4v) is 8.77. The lowest BCUT2D eigenvalue weighted by Gasteiger charge is -2.52. The monoisotopic (exact) mass is 516 g/mol. The number of hydrogen-bond donors (Lipinski definition) is 2. The van der Waals surface area contributed by atoms with Crippen LogP contribution in [0.3, 0.4) is 0 Å². The molecular formula is C29H38F2N2O2S. The van der Waals surface area contributed by atoms with Crippen LogP contribution in [-0.4, -0.2) is 22.4 Å². The van der Waals surface area contributed by atoms with E-state index in [1.165, 1.54) is 22.5 Å². The molecule has 4 nitrogen and oxygen atoms in total. The summed E-state index contributed by atoms with van der Waals surface area (Å²) in [5.74, 6) is 1.04. The number of amides is 1. The Kier molecular flexibility index (Phi) is 7.14.